The molecule has 2 heteroatoms. The largest absolute Gasteiger partial charge is 0.490 e. The lowest BCUT2D eigenvalue weighted by Gasteiger charge is -2.22. The van der Waals surface area contributed by atoms with Crippen LogP contribution in [0.1, 0.15) is 30.0 Å². The topological polar surface area (TPSA) is 35.2 Å². The Balaban J connectivity index is 2.23. The average molecular weight is 203 g/mol. The number of ether oxygens (including phenoxy) is 1. The van der Waals surface area contributed by atoms with Crippen molar-refractivity contribution in [3.05, 3.63) is 42.0 Å². The van der Waals surface area contributed by atoms with Gasteiger partial charge in [-0.05, 0) is 42.5 Å². The quantitative estimate of drug-likeness (QED) is 0.766. The third kappa shape index (κ3) is 2.21. The number of aryl methyl sites for hydroxylation is 1. The molecule has 0 spiro atoms. The van der Waals surface area contributed by atoms with Crippen LogP contribution in [0.25, 0.3) is 0 Å². The van der Waals surface area contributed by atoms with E-state index in [4.69, 9.17) is 10.5 Å². The Labute approximate surface area is 90.7 Å². The van der Waals surface area contributed by atoms with Gasteiger partial charge in [-0.15, -0.1) is 0 Å². The van der Waals surface area contributed by atoms with Crippen molar-refractivity contribution in [2.45, 2.75) is 25.3 Å². The Morgan fingerprint density at radius 3 is 3.20 bits per heavy atom. The number of benzene rings is 1. The molecule has 0 aromatic heterocycles. The molecule has 0 aliphatic heterocycles. The molecule has 1 aromatic carbocycles. The molecule has 0 saturated carbocycles. The highest BCUT2D eigenvalue weighted by atomic mass is 16.5. The summed E-state index contributed by atoms with van der Waals surface area (Å²) in [6, 6.07) is 6.40. The Kier molecular flexibility index (Phi) is 3.07. The Hall–Kier alpha value is -1.28. The second-order valence-corrected chi connectivity index (χ2v) is 3.96. The summed E-state index contributed by atoms with van der Waals surface area (Å²) in [6.07, 6.45) is 5.17. The monoisotopic (exact) mass is 203 g/mol. The lowest BCUT2D eigenvalue weighted by Crippen LogP contribution is -2.17. The highest BCUT2D eigenvalue weighted by Crippen LogP contribution is 2.30. The summed E-state index contributed by atoms with van der Waals surface area (Å²) in [6.45, 7) is 4.18. The normalized spacial score (nSPS) is 19.4. The maximum Gasteiger partial charge on any atom is 0.120 e. The van der Waals surface area contributed by atoms with Gasteiger partial charge in [0, 0.05) is 6.04 Å². The Bertz CT molecular complexity index is 360. The molecule has 0 fully saturated rings. The van der Waals surface area contributed by atoms with Gasteiger partial charge in [0.05, 0.1) is 0 Å². The molecule has 0 saturated heterocycles. The molecule has 0 heterocycles. The van der Waals surface area contributed by atoms with E-state index in [9.17, 15) is 0 Å². The molecule has 1 aromatic rings. The SMILES string of the molecule is C=CCOc1ccc2c(c1)C(N)CCC2. The molecule has 15 heavy (non-hydrogen) atoms. The molecule has 2 N–H and O–H groups in total. The Morgan fingerprint density at radius 1 is 1.53 bits per heavy atom. The van der Waals surface area contributed by atoms with Crippen LogP contribution < -0.4 is 10.5 Å². The van der Waals surface area contributed by atoms with Gasteiger partial charge in [0.1, 0.15) is 12.4 Å². The predicted octanol–water partition coefficient (Wildman–Crippen LogP) is 2.59. The van der Waals surface area contributed by atoms with E-state index in [1.54, 1.807) is 6.08 Å². The van der Waals surface area contributed by atoms with Crippen molar-refractivity contribution < 1.29 is 4.74 Å². The number of rotatable bonds is 3. The van der Waals surface area contributed by atoms with E-state index in [1.165, 1.54) is 17.5 Å². The summed E-state index contributed by atoms with van der Waals surface area (Å²) in [7, 11) is 0. The molecule has 2 nitrogen and oxygen atoms in total. The van der Waals surface area contributed by atoms with Crippen LogP contribution in [0, 0.1) is 0 Å². The fraction of sp³-hybridized carbons (Fsp3) is 0.385. The Morgan fingerprint density at radius 2 is 2.40 bits per heavy atom. The van der Waals surface area contributed by atoms with Crippen LogP contribution in [0.3, 0.4) is 0 Å². The van der Waals surface area contributed by atoms with E-state index >= 15 is 0 Å². The first-order chi connectivity index (χ1) is 7.31. The van der Waals surface area contributed by atoms with Gasteiger partial charge in [0.25, 0.3) is 0 Å². The molecule has 0 amide bonds. The van der Waals surface area contributed by atoms with Crippen molar-refractivity contribution >= 4 is 0 Å². The van der Waals surface area contributed by atoms with Crippen molar-refractivity contribution in [2.24, 2.45) is 5.73 Å². The van der Waals surface area contributed by atoms with Gasteiger partial charge in [-0.25, -0.2) is 0 Å². The van der Waals surface area contributed by atoms with Crippen LogP contribution in [-0.4, -0.2) is 6.61 Å². The van der Waals surface area contributed by atoms with E-state index in [1.807, 2.05) is 6.07 Å². The zero-order chi connectivity index (χ0) is 10.7. The van der Waals surface area contributed by atoms with Gasteiger partial charge < -0.3 is 10.5 Å². The lowest BCUT2D eigenvalue weighted by molar-refractivity contribution is 0.362. The van der Waals surface area contributed by atoms with Gasteiger partial charge in [-0.1, -0.05) is 18.7 Å². The smallest absolute Gasteiger partial charge is 0.120 e. The summed E-state index contributed by atoms with van der Waals surface area (Å²) in [5.74, 6) is 0.894. The summed E-state index contributed by atoms with van der Waals surface area (Å²) in [5, 5.41) is 0. The standard InChI is InChI=1S/C13H17NO/c1-2-8-15-11-7-6-10-4-3-5-13(14)12(10)9-11/h2,6-7,9,13H,1,3-5,8,14H2. The number of nitrogens with two attached hydrogens (primary N) is 1. The van der Waals surface area contributed by atoms with Crippen LogP contribution in [0.4, 0.5) is 0 Å². The lowest BCUT2D eigenvalue weighted by atomic mass is 9.88. The molecule has 0 bridgehead atoms. The second-order valence-electron chi connectivity index (χ2n) is 3.96. The number of hydrogen-bond donors (Lipinski definition) is 1. The minimum Gasteiger partial charge on any atom is -0.490 e. The van der Waals surface area contributed by atoms with Crippen LogP contribution >= 0.6 is 0 Å². The first-order valence-electron chi connectivity index (χ1n) is 5.43. The molecular formula is C13H17NO. The summed E-state index contributed by atoms with van der Waals surface area (Å²) in [5.41, 5.74) is 8.70. The van der Waals surface area contributed by atoms with Crippen molar-refractivity contribution in [1.29, 1.82) is 0 Å². The van der Waals surface area contributed by atoms with Crippen LogP contribution in [0.15, 0.2) is 30.9 Å². The minimum atomic E-state index is 0.182. The molecule has 1 aliphatic rings. The fourth-order valence-corrected chi connectivity index (χ4v) is 2.06. The first kappa shape index (κ1) is 10.2. The highest BCUT2D eigenvalue weighted by molar-refractivity contribution is 5.39. The highest BCUT2D eigenvalue weighted by Gasteiger charge is 2.16. The molecule has 1 aliphatic carbocycles. The molecule has 1 unspecified atom stereocenters. The maximum absolute atomic E-state index is 6.07. The molecule has 2 rings (SSSR count). The molecule has 0 radical (unpaired) electrons. The third-order valence-corrected chi connectivity index (χ3v) is 2.85. The van der Waals surface area contributed by atoms with E-state index in [0.29, 0.717) is 6.61 Å². The zero-order valence-electron chi connectivity index (χ0n) is 8.91. The first-order valence-corrected chi connectivity index (χ1v) is 5.43. The van der Waals surface area contributed by atoms with Gasteiger partial charge in [0.15, 0.2) is 0 Å². The van der Waals surface area contributed by atoms with E-state index in [2.05, 4.69) is 18.7 Å². The van der Waals surface area contributed by atoms with E-state index in [-0.39, 0.29) is 6.04 Å². The minimum absolute atomic E-state index is 0.182. The fourth-order valence-electron chi connectivity index (χ4n) is 2.06. The van der Waals surface area contributed by atoms with Gasteiger partial charge in [0.2, 0.25) is 0 Å². The van der Waals surface area contributed by atoms with Crippen molar-refractivity contribution in [3.8, 4) is 5.75 Å². The average Bonchev–Trinajstić information content (AvgIpc) is 2.27. The number of hydrogen-bond acceptors (Lipinski definition) is 2. The van der Waals surface area contributed by atoms with Crippen molar-refractivity contribution in [2.75, 3.05) is 6.61 Å². The van der Waals surface area contributed by atoms with Gasteiger partial charge in [-0.3, -0.25) is 0 Å². The van der Waals surface area contributed by atoms with Crippen molar-refractivity contribution in [1.82, 2.24) is 0 Å². The zero-order valence-corrected chi connectivity index (χ0v) is 8.91. The number of fused-ring (bicyclic) bond motifs is 1. The molecular weight excluding hydrogens is 186 g/mol. The predicted molar refractivity (Wildman–Crippen MR) is 62.0 cm³/mol. The van der Waals surface area contributed by atoms with Crippen LogP contribution in [-0.2, 0) is 6.42 Å². The van der Waals surface area contributed by atoms with Crippen LogP contribution in [0.2, 0.25) is 0 Å². The maximum atomic E-state index is 6.07. The van der Waals surface area contributed by atoms with Gasteiger partial charge in [-0.2, -0.15) is 0 Å². The van der Waals surface area contributed by atoms with Crippen molar-refractivity contribution in [3.63, 3.8) is 0 Å². The van der Waals surface area contributed by atoms with Crippen LogP contribution in [0.5, 0.6) is 5.75 Å². The van der Waals surface area contributed by atoms with Gasteiger partial charge >= 0.3 is 0 Å². The molecule has 1 atom stereocenters. The van der Waals surface area contributed by atoms with E-state index in [0.717, 1.165) is 18.6 Å². The molecule has 80 valence electrons. The second kappa shape index (κ2) is 4.49. The third-order valence-electron chi connectivity index (χ3n) is 2.85. The summed E-state index contributed by atoms with van der Waals surface area (Å²) >= 11 is 0. The van der Waals surface area contributed by atoms with E-state index < -0.39 is 0 Å². The summed E-state index contributed by atoms with van der Waals surface area (Å²) in [4.78, 5) is 0. The summed E-state index contributed by atoms with van der Waals surface area (Å²) < 4.78 is 5.50.